The maximum absolute atomic E-state index is 12.5. The zero-order valence-corrected chi connectivity index (χ0v) is 12.9. The van der Waals surface area contributed by atoms with Crippen molar-refractivity contribution in [3.05, 3.63) is 65.2 Å². The third kappa shape index (κ3) is 4.00. The van der Waals surface area contributed by atoms with E-state index in [4.69, 9.17) is 5.26 Å². The maximum atomic E-state index is 12.5. The highest BCUT2D eigenvalue weighted by atomic mass is 32.2. The van der Waals surface area contributed by atoms with Crippen LogP contribution in [0.25, 0.3) is 0 Å². The molecule has 0 saturated heterocycles. The Labute approximate surface area is 136 Å². The zero-order chi connectivity index (χ0) is 18.0. The number of rotatable bonds is 4. The molecule has 0 fully saturated rings. The predicted octanol–water partition coefficient (Wildman–Crippen LogP) is 3.23. The molecule has 0 heterocycles. The molecule has 2 aromatic rings. The van der Waals surface area contributed by atoms with Gasteiger partial charge in [0.25, 0.3) is 0 Å². The summed E-state index contributed by atoms with van der Waals surface area (Å²) in [4.78, 5) is 11.9. The number of benzene rings is 2. The van der Waals surface area contributed by atoms with Crippen LogP contribution in [0.2, 0.25) is 0 Å². The van der Waals surface area contributed by atoms with Crippen molar-refractivity contribution in [1.29, 1.82) is 5.26 Å². The minimum atomic E-state index is -4.53. The van der Waals surface area contributed by atoms with E-state index in [1.54, 1.807) is 0 Å². The number of Topliss-reactive ketones (excluding diaryl/α,β-unsaturated/α-hetero) is 1. The monoisotopic (exact) mass is 353 g/mol. The van der Waals surface area contributed by atoms with E-state index in [9.17, 15) is 26.4 Å². The van der Waals surface area contributed by atoms with Gasteiger partial charge >= 0.3 is 6.18 Å². The number of ketones is 1. The number of nitrogens with zero attached hydrogens (tertiary/aromatic N) is 1. The average molecular weight is 353 g/mol. The third-order valence-electron chi connectivity index (χ3n) is 3.20. The van der Waals surface area contributed by atoms with Gasteiger partial charge in [-0.25, -0.2) is 8.42 Å². The summed E-state index contributed by atoms with van der Waals surface area (Å²) in [5.41, 5.74) is -0.780. The van der Waals surface area contributed by atoms with Gasteiger partial charge < -0.3 is 0 Å². The van der Waals surface area contributed by atoms with Crippen LogP contribution in [0.5, 0.6) is 0 Å². The first kappa shape index (κ1) is 17.7. The lowest BCUT2D eigenvalue weighted by atomic mass is 10.1. The first-order valence-corrected chi connectivity index (χ1v) is 8.22. The fraction of sp³-hybridized carbons (Fsp3) is 0.125. The van der Waals surface area contributed by atoms with E-state index in [0.29, 0.717) is 0 Å². The van der Waals surface area contributed by atoms with Gasteiger partial charge in [-0.1, -0.05) is 12.1 Å². The Morgan fingerprint density at radius 1 is 1.00 bits per heavy atom. The average Bonchev–Trinajstić information content (AvgIpc) is 2.54. The summed E-state index contributed by atoms with van der Waals surface area (Å²) in [5, 5.41) is 8.67. The van der Waals surface area contributed by atoms with Crippen molar-refractivity contribution in [2.75, 3.05) is 5.75 Å². The lowest BCUT2D eigenvalue weighted by Gasteiger charge is -2.08. The highest BCUT2D eigenvalue weighted by molar-refractivity contribution is 7.92. The summed E-state index contributed by atoms with van der Waals surface area (Å²) < 4.78 is 61.7. The summed E-state index contributed by atoms with van der Waals surface area (Å²) in [7, 11) is -3.95. The van der Waals surface area contributed by atoms with E-state index in [0.717, 1.165) is 24.3 Å². The Bertz CT molecular complexity index is 894. The van der Waals surface area contributed by atoms with Crippen molar-refractivity contribution >= 4 is 15.6 Å². The number of hydrogen-bond donors (Lipinski definition) is 0. The summed E-state index contributed by atoms with van der Waals surface area (Å²) in [5.74, 6) is -1.68. The highest BCUT2D eigenvalue weighted by Gasteiger charge is 2.30. The molecule has 0 spiro atoms. The predicted molar refractivity (Wildman–Crippen MR) is 79.0 cm³/mol. The van der Waals surface area contributed by atoms with E-state index >= 15 is 0 Å². The first-order valence-electron chi connectivity index (χ1n) is 6.57. The Balaban J connectivity index is 2.20. The quantitative estimate of drug-likeness (QED) is 0.791. The van der Waals surface area contributed by atoms with Gasteiger partial charge in [-0.3, -0.25) is 4.79 Å². The molecule has 2 aromatic carbocycles. The number of nitriles is 1. The van der Waals surface area contributed by atoms with Gasteiger partial charge in [0.2, 0.25) is 0 Å². The molecular formula is C16H10F3NO3S. The van der Waals surface area contributed by atoms with Crippen LogP contribution in [0, 0.1) is 11.3 Å². The van der Waals surface area contributed by atoms with E-state index < -0.39 is 33.1 Å². The van der Waals surface area contributed by atoms with Crippen LogP contribution in [0.4, 0.5) is 13.2 Å². The van der Waals surface area contributed by atoms with Crippen LogP contribution in [-0.4, -0.2) is 20.0 Å². The molecule has 0 atom stereocenters. The van der Waals surface area contributed by atoms with Crippen molar-refractivity contribution in [2.24, 2.45) is 0 Å². The van der Waals surface area contributed by atoms with Gasteiger partial charge in [0, 0.05) is 5.56 Å². The maximum Gasteiger partial charge on any atom is 0.416 e. The zero-order valence-electron chi connectivity index (χ0n) is 12.0. The summed E-state index contributed by atoms with van der Waals surface area (Å²) in [6.45, 7) is 0. The summed E-state index contributed by atoms with van der Waals surface area (Å²) in [6, 6.07) is 10.2. The molecule has 24 heavy (non-hydrogen) atoms. The van der Waals surface area contributed by atoms with Gasteiger partial charge in [0.15, 0.2) is 15.6 Å². The van der Waals surface area contributed by atoms with Crippen molar-refractivity contribution in [3.63, 3.8) is 0 Å². The number of carbonyl (C=O) groups is 1. The minimum absolute atomic E-state index is 0.125. The van der Waals surface area contributed by atoms with Crippen LogP contribution < -0.4 is 0 Å². The standard InChI is InChI=1S/C16H10F3NO3S/c17-16(18,19)13-5-3-12(4-6-13)15(21)10-24(22,23)14-7-1-11(9-20)2-8-14/h1-8H,10H2. The molecule has 8 heteroatoms. The molecular weight excluding hydrogens is 343 g/mol. The largest absolute Gasteiger partial charge is 0.416 e. The van der Waals surface area contributed by atoms with Gasteiger partial charge in [-0.2, -0.15) is 18.4 Å². The molecule has 0 bridgehead atoms. The molecule has 124 valence electrons. The van der Waals surface area contributed by atoms with E-state index in [-0.39, 0.29) is 16.0 Å². The Kier molecular flexibility index (Phi) is 4.76. The number of sulfone groups is 1. The van der Waals surface area contributed by atoms with Crippen LogP contribution in [0.3, 0.4) is 0 Å². The number of alkyl halides is 3. The van der Waals surface area contributed by atoms with Crippen LogP contribution in [0.15, 0.2) is 53.4 Å². The Hall–Kier alpha value is -2.66. The lowest BCUT2D eigenvalue weighted by molar-refractivity contribution is -0.137. The lowest BCUT2D eigenvalue weighted by Crippen LogP contribution is -2.16. The fourth-order valence-corrected chi connectivity index (χ4v) is 3.15. The molecule has 0 aliphatic rings. The second-order valence-corrected chi connectivity index (χ2v) is 6.88. The van der Waals surface area contributed by atoms with E-state index in [1.807, 2.05) is 6.07 Å². The van der Waals surface area contributed by atoms with Crippen LogP contribution in [-0.2, 0) is 16.0 Å². The van der Waals surface area contributed by atoms with Crippen molar-refractivity contribution in [3.8, 4) is 6.07 Å². The molecule has 4 nitrogen and oxygen atoms in total. The number of halogens is 3. The molecule has 0 aliphatic heterocycles. The third-order valence-corrected chi connectivity index (χ3v) is 4.83. The van der Waals surface area contributed by atoms with Gasteiger partial charge in [-0.05, 0) is 36.4 Å². The SMILES string of the molecule is N#Cc1ccc(S(=O)(=O)CC(=O)c2ccc(C(F)(F)F)cc2)cc1. The molecule has 0 unspecified atom stereocenters. The number of carbonyl (C=O) groups excluding carboxylic acids is 1. The van der Waals surface area contributed by atoms with Crippen LogP contribution in [0.1, 0.15) is 21.5 Å². The molecule has 2 rings (SSSR count). The highest BCUT2D eigenvalue weighted by Crippen LogP contribution is 2.29. The fourth-order valence-electron chi connectivity index (χ4n) is 1.92. The molecule has 0 radical (unpaired) electrons. The molecule has 0 aromatic heterocycles. The topological polar surface area (TPSA) is 75.0 Å². The summed E-state index contributed by atoms with van der Waals surface area (Å²) >= 11 is 0. The van der Waals surface area contributed by atoms with E-state index in [1.165, 1.54) is 24.3 Å². The minimum Gasteiger partial charge on any atom is -0.293 e. The van der Waals surface area contributed by atoms with Gasteiger partial charge in [-0.15, -0.1) is 0 Å². The van der Waals surface area contributed by atoms with Gasteiger partial charge in [0.05, 0.1) is 22.1 Å². The molecule has 0 N–H and O–H groups in total. The van der Waals surface area contributed by atoms with Crippen molar-refractivity contribution in [2.45, 2.75) is 11.1 Å². The molecule has 0 aliphatic carbocycles. The normalized spacial score (nSPS) is 11.8. The smallest absolute Gasteiger partial charge is 0.293 e. The summed E-state index contributed by atoms with van der Waals surface area (Å²) in [6.07, 6.45) is -4.53. The molecule has 0 amide bonds. The molecule has 0 saturated carbocycles. The first-order chi connectivity index (χ1) is 11.1. The Morgan fingerprint density at radius 2 is 1.54 bits per heavy atom. The Morgan fingerprint density at radius 3 is 2.00 bits per heavy atom. The second kappa shape index (κ2) is 6.45. The van der Waals surface area contributed by atoms with E-state index in [2.05, 4.69) is 0 Å². The van der Waals surface area contributed by atoms with Crippen molar-refractivity contribution < 1.29 is 26.4 Å². The number of hydrogen-bond acceptors (Lipinski definition) is 4. The second-order valence-electron chi connectivity index (χ2n) is 4.89. The van der Waals surface area contributed by atoms with Gasteiger partial charge in [0.1, 0.15) is 5.75 Å². The van der Waals surface area contributed by atoms with Crippen molar-refractivity contribution in [1.82, 2.24) is 0 Å². The van der Waals surface area contributed by atoms with Crippen LogP contribution >= 0.6 is 0 Å².